The highest BCUT2D eigenvalue weighted by molar-refractivity contribution is 5.03. The smallest absolute Gasteiger partial charge is 0.0948 e. The van der Waals surface area contributed by atoms with Gasteiger partial charge in [-0.15, -0.1) is 12.3 Å². The lowest BCUT2D eigenvalue weighted by atomic mass is 10.2. The Kier molecular flexibility index (Phi) is 3.53. The molecule has 2 N–H and O–H groups in total. The maximum atomic E-state index is 5.76. The quantitative estimate of drug-likeness (QED) is 0.556. The Balaban J connectivity index is 2.56. The Morgan fingerprint density at radius 2 is 2.54 bits per heavy atom. The van der Waals surface area contributed by atoms with E-state index < -0.39 is 0 Å². The van der Waals surface area contributed by atoms with E-state index in [-0.39, 0.29) is 6.04 Å². The molecule has 70 valence electrons. The first kappa shape index (κ1) is 9.82. The van der Waals surface area contributed by atoms with Crippen LogP contribution in [0.5, 0.6) is 0 Å². The Hall–Kier alpha value is -1.27. The summed E-state index contributed by atoms with van der Waals surface area (Å²) >= 11 is 0. The number of hydrogen-bond donors (Lipinski definition) is 1. The van der Waals surface area contributed by atoms with Crippen LogP contribution in [0.1, 0.15) is 31.5 Å². The summed E-state index contributed by atoms with van der Waals surface area (Å²) in [5, 5.41) is 0. The van der Waals surface area contributed by atoms with Crippen LogP contribution in [-0.4, -0.2) is 9.55 Å². The van der Waals surface area contributed by atoms with Crippen LogP contribution < -0.4 is 5.73 Å². The highest BCUT2D eigenvalue weighted by atomic mass is 15.1. The molecule has 1 atom stereocenters. The third-order valence-electron chi connectivity index (χ3n) is 1.93. The number of unbranched alkanes of at least 4 members (excludes halogenated alkanes) is 1. The zero-order valence-corrected chi connectivity index (χ0v) is 7.90. The van der Waals surface area contributed by atoms with Crippen LogP contribution in [0.25, 0.3) is 0 Å². The monoisotopic (exact) mass is 177 g/mol. The molecule has 0 unspecified atom stereocenters. The molecule has 0 fully saturated rings. The normalized spacial score (nSPS) is 12.4. The average Bonchev–Trinajstić information content (AvgIpc) is 2.53. The number of hydrogen-bond acceptors (Lipinski definition) is 2. The van der Waals surface area contributed by atoms with Crippen molar-refractivity contribution in [3.05, 3.63) is 18.2 Å². The van der Waals surface area contributed by atoms with Crippen molar-refractivity contribution in [1.29, 1.82) is 0 Å². The molecule has 3 nitrogen and oxygen atoms in total. The molecule has 0 saturated heterocycles. The molecule has 1 rings (SSSR count). The van der Waals surface area contributed by atoms with Gasteiger partial charge in [0.2, 0.25) is 0 Å². The molecule has 0 aliphatic carbocycles. The number of aryl methyl sites for hydroxylation is 1. The lowest BCUT2D eigenvalue weighted by Gasteiger charge is -2.09. The second-order valence-electron chi connectivity index (χ2n) is 3.11. The molecule has 0 aromatic carbocycles. The van der Waals surface area contributed by atoms with Crippen molar-refractivity contribution < 1.29 is 0 Å². The minimum Gasteiger partial charge on any atom is -0.333 e. The van der Waals surface area contributed by atoms with Gasteiger partial charge in [0.1, 0.15) is 0 Å². The minimum atomic E-state index is 0.0355. The molecule has 1 aromatic rings. The predicted octanol–water partition coefficient (Wildman–Crippen LogP) is 1.32. The highest BCUT2D eigenvalue weighted by Crippen LogP contribution is 2.09. The van der Waals surface area contributed by atoms with Gasteiger partial charge in [-0.25, -0.2) is 4.98 Å². The van der Waals surface area contributed by atoms with Gasteiger partial charge < -0.3 is 10.3 Å². The number of nitrogens with zero attached hydrogens (tertiary/aromatic N) is 2. The molecule has 0 aliphatic heterocycles. The van der Waals surface area contributed by atoms with Crippen LogP contribution >= 0.6 is 0 Å². The largest absolute Gasteiger partial charge is 0.333 e. The summed E-state index contributed by atoms with van der Waals surface area (Å²) in [4.78, 5) is 4.05. The molecule has 0 amide bonds. The first-order chi connectivity index (χ1) is 6.25. The van der Waals surface area contributed by atoms with E-state index in [4.69, 9.17) is 12.2 Å². The number of nitrogens with two attached hydrogens (primary N) is 1. The third-order valence-corrected chi connectivity index (χ3v) is 1.93. The fraction of sp³-hybridized carbons (Fsp3) is 0.500. The summed E-state index contributed by atoms with van der Waals surface area (Å²) in [6.07, 6.45) is 10.6. The van der Waals surface area contributed by atoms with Gasteiger partial charge in [0.15, 0.2) is 0 Å². The van der Waals surface area contributed by atoms with Crippen LogP contribution in [0.3, 0.4) is 0 Å². The first-order valence-corrected chi connectivity index (χ1v) is 4.44. The van der Waals surface area contributed by atoms with Gasteiger partial charge >= 0.3 is 0 Å². The van der Waals surface area contributed by atoms with Crippen LogP contribution in [0.15, 0.2) is 12.5 Å². The van der Waals surface area contributed by atoms with Crippen molar-refractivity contribution in [3.63, 3.8) is 0 Å². The average molecular weight is 177 g/mol. The van der Waals surface area contributed by atoms with E-state index in [0.29, 0.717) is 0 Å². The fourth-order valence-corrected chi connectivity index (χ4v) is 1.25. The second-order valence-corrected chi connectivity index (χ2v) is 3.11. The molecule has 1 heterocycles. The van der Waals surface area contributed by atoms with Crippen molar-refractivity contribution in [2.24, 2.45) is 5.73 Å². The molecular weight excluding hydrogens is 162 g/mol. The van der Waals surface area contributed by atoms with Crippen molar-refractivity contribution in [1.82, 2.24) is 9.55 Å². The standard InChI is InChI=1S/C10H15N3/c1-3-4-5-6-13-8-12-7-10(13)9(2)11/h1,7-9H,4-6,11H2,2H3/t9-/m0/s1. The van der Waals surface area contributed by atoms with E-state index in [1.807, 2.05) is 6.92 Å². The molecule has 0 saturated carbocycles. The lowest BCUT2D eigenvalue weighted by Crippen LogP contribution is -2.11. The molecular formula is C10H15N3. The number of rotatable bonds is 4. The SMILES string of the molecule is C#CCCCn1cncc1[C@H](C)N. The van der Waals surface area contributed by atoms with Gasteiger partial charge in [0.25, 0.3) is 0 Å². The van der Waals surface area contributed by atoms with Crippen LogP contribution in [0, 0.1) is 12.3 Å². The van der Waals surface area contributed by atoms with E-state index >= 15 is 0 Å². The number of imidazole rings is 1. The van der Waals surface area contributed by atoms with E-state index in [1.54, 1.807) is 12.5 Å². The lowest BCUT2D eigenvalue weighted by molar-refractivity contribution is 0.600. The van der Waals surface area contributed by atoms with Crippen LogP contribution in [-0.2, 0) is 6.54 Å². The van der Waals surface area contributed by atoms with E-state index in [1.165, 1.54) is 0 Å². The fourth-order valence-electron chi connectivity index (χ4n) is 1.25. The van der Waals surface area contributed by atoms with Gasteiger partial charge in [0.05, 0.1) is 12.0 Å². The minimum absolute atomic E-state index is 0.0355. The van der Waals surface area contributed by atoms with Crippen LogP contribution in [0.4, 0.5) is 0 Å². The number of terminal acetylenes is 1. The zero-order chi connectivity index (χ0) is 9.68. The van der Waals surface area contributed by atoms with Gasteiger partial charge in [-0.1, -0.05) is 0 Å². The topological polar surface area (TPSA) is 43.8 Å². The Bertz CT molecular complexity index is 293. The first-order valence-electron chi connectivity index (χ1n) is 4.44. The van der Waals surface area contributed by atoms with E-state index in [2.05, 4.69) is 15.5 Å². The summed E-state index contributed by atoms with van der Waals surface area (Å²) in [5.41, 5.74) is 6.83. The van der Waals surface area contributed by atoms with Crippen molar-refractivity contribution in [2.45, 2.75) is 32.4 Å². The van der Waals surface area contributed by atoms with E-state index in [9.17, 15) is 0 Å². The second kappa shape index (κ2) is 4.68. The summed E-state index contributed by atoms with van der Waals surface area (Å²) in [5.74, 6) is 2.61. The summed E-state index contributed by atoms with van der Waals surface area (Å²) < 4.78 is 2.06. The van der Waals surface area contributed by atoms with E-state index in [0.717, 1.165) is 25.1 Å². The molecule has 3 heteroatoms. The van der Waals surface area contributed by atoms with Gasteiger partial charge in [-0.3, -0.25) is 0 Å². The van der Waals surface area contributed by atoms with Crippen molar-refractivity contribution in [2.75, 3.05) is 0 Å². The zero-order valence-electron chi connectivity index (χ0n) is 7.90. The maximum absolute atomic E-state index is 5.76. The van der Waals surface area contributed by atoms with Gasteiger partial charge in [0, 0.05) is 25.2 Å². The summed E-state index contributed by atoms with van der Waals surface area (Å²) in [6.45, 7) is 2.86. The van der Waals surface area contributed by atoms with Crippen molar-refractivity contribution in [3.8, 4) is 12.3 Å². The third kappa shape index (κ3) is 2.60. The molecule has 13 heavy (non-hydrogen) atoms. The molecule has 1 aromatic heterocycles. The molecule has 0 aliphatic rings. The maximum Gasteiger partial charge on any atom is 0.0948 e. The predicted molar refractivity (Wildman–Crippen MR) is 52.9 cm³/mol. The summed E-state index contributed by atoms with van der Waals surface area (Å²) in [6, 6.07) is 0.0355. The Morgan fingerprint density at radius 1 is 1.77 bits per heavy atom. The van der Waals surface area contributed by atoms with Crippen molar-refractivity contribution >= 4 is 0 Å². The summed E-state index contributed by atoms with van der Waals surface area (Å²) in [7, 11) is 0. The molecule has 0 radical (unpaired) electrons. The van der Waals surface area contributed by atoms with Crippen LogP contribution in [0.2, 0.25) is 0 Å². The Labute approximate surface area is 79.0 Å². The Morgan fingerprint density at radius 3 is 3.15 bits per heavy atom. The number of aromatic nitrogens is 2. The van der Waals surface area contributed by atoms with Gasteiger partial charge in [-0.05, 0) is 13.3 Å². The highest BCUT2D eigenvalue weighted by Gasteiger charge is 2.05. The molecule has 0 spiro atoms. The molecule has 0 bridgehead atoms. The van der Waals surface area contributed by atoms with Gasteiger partial charge in [-0.2, -0.15) is 0 Å².